The summed E-state index contributed by atoms with van der Waals surface area (Å²) in [5, 5.41) is 3.41. The van der Waals surface area contributed by atoms with Gasteiger partial charge in [0.1, 0.15) is 0 Å². The van der Waals surface area contributed by atoms with Gasteiger partial charge in [0.25, 0.3) is 0 Å². The van der Waals surface area contributed by atoms with Gasteiger partial charge in [-0.15, -0.1) is 0 Å². The fourth-order valence-corrected chi connectivity index (χ4v) is 3.14. The zero-order valence-corrected chi connectivity index (χ0v) is 10.9. The van der Waals surface area contributed by atoms with Crippen LogP contribution in [0.1, 0.15) is 25.3 Å². The van der Waals surface area contributed by atoms with Crippen molar-refractivity contribution in [3.8, 4) is 0 Å². The van der Waals surface area contributed by atoms with E-state index in [0.717, 1.165) is 38.0 Å². The molecule has 0 aromatic heterocycles. The molecule has 2 heterocycles. The van der Waals surface area contributed by atoms with E-state index in [-0.39, 0.29) is 5.92 Å². The van der Waals surface area contributed by atoms with Gasteiger partial charge in [-0.25, -0.2) is 0 Å². The predicted octanol–water partition coefficient (Wildman–Crippen LogP) is 1.96. The highest BCUT2D eigenvalue weighted by Gasteiger charge is 2.32. The summed E-state index contributed by atoms with van der Waals surface area (Å²) in [6.45, 7) is 3.99. The molecule has 0 saturated carbocycles. The molecule has 1 fully saturated rings. The number of para-hydroxylation sites is 1. The van der Waals surface area contributed by atoms with Crippen molar-refractivity contribution in [3.05, 3.63) is 29.8 Å². The van der Waals surface area contributed by atoms with Gasteiger partial charge in [-0.3, -0.25) is 4.79 Å². The Labute approximate surface area is 108 Å². The van der Waals surface area contributed by atoms with Gasteiger partial charge in [0.2, 0.25) is 5.91 Å². The number of hydrogen-bond donors (Lipinski definition) is 1. The summed E-state index contributed by atoms with van der Waals surface area (Å²) in [5.74, 6) is 0.528. The minimum Gasteiger partial charge on any atom is -0.314 e. The van der Waals surface area contributed by atoms with Crippen LogP contribution in [0.2, 0.25) is 0 Å². The number of rotatable bonds is 1. The average molecular weight is 244 g/mol. The number of anilines is 1. The van der Waals surface area contributed by atoms with Gasteiger partial charge in [-0.2, -0.15) is 0 Å². The molecule has 0 aliphatic carbocycles. The fraction of sp³-hybridized carbons (Fsp3) is 0.533. The Morgan fingerprint density at radius 2 is 2.22 bits per heavy atom. The summed E-state index contributed by atoms with van der Waals surface area (Å²) in [6.07, 6.45) is 2.95. The first-order chi connectivity index (χ1) is 8.75. The summed E-state index contributed by atoms with van der Waals surface area (Å²) in [7, 11) is 0. The Kier molecular flexibility index (Phi) is 3.08. The minimum absolute atomic E-state index is 0.201. The van der Waals surface area contributed by atoms with Crippen molar-refractivity contribution < 1.29 is 4.79 Å². The maximum Gasteiger partial charge on any atom is 0.230 e. The van der Waals surface area contributed by atoms with Crippen molar-refractivity contribution in [2.75, 3.05) is 18.0 Å². The van der Waals surface area contributed by atoms with Crippen LogP contribution in [0.3, 0.4) is 0 Å². The van der Waals surface area contributed by atoms with E-state index < -0.39 is 0 Å². The molecule has 18 heavy (non-hydrogen) atoms. The molecule has 96 valence electrons. The Bertz CT molecular complexity index is 458. The normalized spacial score (nSPS) is 27.1. The Morgan fingerprint density at radius 3 is 3.06 bits per heavy atom. The summed E-state index contributed by atoms with van der Waals surface area (Å²) >= 11 is 0. The van der Waals surface area contributed by atoms with E-state index in [2.05, 4.69) is 30.4 Å². The zero-order valence-electron chi connectivity index (χ0n) is 10.9. The van der Waals surface area contributed by atoms with Crippen molar-refractivity contribution in [2.45, 2.75) is 32.2 Å². The molecule has 2 atom stereocenters. The number of nitrogens with one attached hydrogen (secondary N) is 1. The number of piperidine rings is 1. The second-order valence-corrected chi connectivity index (χ2v) is 5.45. The number of carbonyl (C=O) groups excluding carboxylic acids is 1. The first kappa shape index (κ1) is 11.7. The van der Waals surface area contributed by atoms with Gasteiger partial charge in [0.15, 0.2) is 0 Å². The van der Waals surface area contributed by atoms with Crippen LogP contribution in [0.4, 0.5) is 5.69 Å². The lowest BCUT2D eigenvalue weighted by molar-refractivity contribution is -0.123. The molecule has 0 spiro atoms. The van der Waals surface area contributed by atoms with Gasteiger partial charge in [0.05, 0.1) is 0 Å². The molecule has 3 nitrogen and oxygen atoms in total. The van der Waals surface area contributed by atoms with E-state index in [1.165, 1.54) is 5.56 Å². The second kappa shape index (κ2) is 4.73. The molecule has 2 aliphatic heterocycles. The topological polar surface area (TPSA) is 32.3 Å². The molecule has 2 aliphatic rings. The standard InChI is InChI=1S/C15H20N2O/c1-11-10-13(6-8-16-11)15(18)17-9-7-12-4-2-3-5-14(12)17/h2-5,11,13,16H,6-10H2,1H3. The number of amides is 1. The lowest BCUT2D eigenvalue weighted by Crippen LogP contribution is -2.43. The van der Waals surface area contributed by atoms with Gasteiger partial charge < -0.3 is 10.2 Å². The van der Waals surface area contributed by atoms with Crippen LogP contribution >= 0.6 is 0 Å². The second-order valence-electron chi connectivity index (χ2n) is 5.45. The first-order valence-electron chi connectivity index (χ1n) is 6.88. The van der Waals surface area contributed by atoms with Crippen molar-refractivity contribution in [1.29, 1.82) is 0 Å². The SMILES string of the molecule is CC1CC(C(=O)N2CCc3ccccc32)CCN1. The van der Waals surface area contributed by atoms with E-state index in [0.29, 0.717) is 11.9 Å². The smallest absolute Gasteiger partial charge is 0.230 e. The van der Waals surface area contributed by atoms with Crippen LogP contribution in [0.5, 0.6) is 0 Å². The van der Waals surface area contributed by atoms with Crippen LogP contribution in [0.15, 0.2) is 24.3 Å². The van der Waals surface area contributed by atoms with E-state index in [4.69, 9.17) is 0 Å². The number of nitrogens with zero attached hydrogens (tertiary/aromatic N) is 1. The molecule has 1 aromatic carbocycles. The van der Waals surface area contributed by atoms with Gasteiger partial charge in [-0.05, 0) is 44.4 Å². The third-order valence-electron chi connectivity index (χ3n) is 4.13. The van der Waals surface area contributed by atoms with Crippen LogP contribution in [-0.4, -0.2) is 25.0 Å². The Hall–Kier alpha value is -1.35. The van der Waals surface area contributed by atoms with Crippen LogP contribution in [0.25, 0.3) is 0 Å². The van der Waals surface area contributed by atoms with Crippen LogP contribution in [0, 0.1) is 5.92 Å². The maximum atomic E-state index is 12.6. The summed E-state index contributed by atoms with van der Waals surface area (Å²) < 4.78 is 0. The van der Waals surface area contributed by atoms with E-state index in [1.54, 1.807) is 0 Å². The molecule has 3 heteroatoms. The molecule has 0 bridgehead atoms. The van der Waals surface area contributed by atoms with Crippen LogP contribution in [-0.2, 0) is 11.2 Å². The van der Waals surface area contributed by atoms with E-state index in [9.17, 15) is 4.79 Å². The third-order valence-corrected chi connectivity index (χ3v) is 4.13. The Balaban J connectivity index is 1.78. The molecule has 0 radical (unpaired) electrons. The maximum absolute atomic E-state index is 12.6. The molecule has 1 aromatic rings. The van der Waals surface area contributed by atoms with Gasteiger partial charge >= 0.3 is 0 Å². The quantitative estimate of drug-likeness (QED) is 0.819. The van der Waals surface area contributed by atoms with E-state index in [1.807, 2.05) is 11.0 Å². The van der Waals surface area contributed by atoms with Crippen molar-refractivity contribution in [3.63, 3.8) is 0 Å². The van der Waals surface area contributed by atoms with Gasteiger partial charge in [-0.1, -0.05) is 18.2 Å². The van der Waals surface area contributed by atoms with Gasteiger partial charge in [0, 0.05) is 24.2 Å². The van der Waals surface area contributed by atoms with Crippen molar-refractivity contribution in [1.82, 2.24) is 5.32 Å². The third kappa shape index (κ3) is 2.03. The predicted molar refractivity (Wildman–Crippen MR) is 72.7 cm³/mol. The number of hydrogen-bond acceptors (Lipinski definition) is 2. The molecule has 1 amide bonds. The highest BCUT2D eigenvalue weighted by Crippen LogP contribution is 2.30. The molecular weight excluding hydrogens is 224 g/mol. The summed E-state index contributed by atoms with van der Waals surface area (Å²) in [4.78, 5) is 14.6. The zero-order chi connectivity index (χ0) is 12.5. The lowest BCUT2D eigenvalue weighted by atomic mass is 9.92. The first-order valence-corrected chi connectivity index (χ1v) is 6.88. The largest absolute Gasteiger partial charge is 0.314 e. The van der Waals surface area contributed by atoms with Crippen LogP contribution < -0.4 is 10.2 Å². The van der Waals surface area contributed by atoms with E-state index >= 15 is 0 Å². The molecular formula is C15H20N2O. The number of benzene rings is 1. The highest BCUT2D eigenvalue weighted by molar-refractivity contribution is 5.97. The molecule has 1 N–H and O–H groups in total. The number of fused-ring (bicyclic) bond motifs is 1. The fourth-order valence-electron chi connectivity index (χ4n) is 3.14. The minimum atomic E-state index is 0.201. The average Bonchev–Trinajstić information content (AvgIpc) is 2.82. The highest BCUT2D eigenvalue weighted by atomic mass is 16.2. The van der Waals surface area contributed by atoms with Crippen molar-refractivity contribution in [2.24, 2.45) is 5.92 Å². The monoisotopic (exact) mass is 244 g/mol. The molecule has 3 rings (SSSR count). The lowest BCUT2D eigenvalue weighted by Gasteiger charge is -2.30. The molecule has 1 saturated heterocycles. The summed E-state index contributed by atoms with van der Waals surface area (Å²) in [5.41, 5.74) is 2.45. The summed E-state index contributed by atoms with van der Waals surface area (Å²) in [6, 6.07) is 8.75. The van der Waals surface area contributed by atoms with Crippen molar-refractivity contribution >= 4 is 11.6 Å². The molecule has 2 unspecified atom stereocenters. The Morgan fingerprint density at radius 1 is 1.39 bits per heavy atom. The number of carbonyl (C=O) groups is 1.